The van der Waals surface area contributed by atoms with Crippen molar-refractivity contribution in [3.05, 3.63) is 23.8 Å². The van der Waals surface area contributed by atoms with E-state index in [-0.39, 0.29) is 6.04 Å². The molecule has 1 aliphatic heterocycles. The van der Waals surface area contributed by atoms with Crippen LogP contribution in [0, 0.1) is 5.92 Å². The Morgan fingerprint density at radius 3 is 2.93 bits per heavy atom. The maximum atomic E-state index is 10.7. The number of rotatable bonds is 2. The molecule has 14 heavy (non-hydrogen) atoms. The van der Waals surface area contributed by atoms with Gasteiger partial charge in [-0.15, -0.1) is 0 Å². The first-order valence-corrected chi connectivity index (χ1v) is 5.07. The normalized spacial score (nSPS) is 31.6. The lowest BCUT2D eigenvalue weighted by atomic mass is 9.90. The number of hydrogen-bond acceptors (Lipinski definition) is 2. The molecule has 0 aromatic rings. The second-order valence-electron chi connectivity index (χ2n) is 3.92. The molecule has 2 unspecified atom stereocenters. The third-order valence-corrected chi connectivity index (χ3v) is 2.99. The highest BCUT2D eigenvalue weighted by Crippen LogP contribution is 2.27. The van der Waals surface area contributed by atoms with Gasteiger partial charge in [-0.05, 0) is 25.2 Å². The van der Waals surface area contributed by atoms with Crippen molar-refractivity contribution < 1.29 is 9.90 Å². The van der Waals surface area contributed by atoms with Crippen molar-refractivity contribution in [1.82, 2.24) is 5.32 Å². The minimum Gasteiger partial charge on any atom is -0.480 e. The lowest BCUT2D eigenvalue weighted by Gasteiger charge is -2.14. The number of allylic oxidation sites excluding steroid dienone is 3. The van der Waals surface area contributed by atoms with E-state index >= 15 is 0 Å². The quantitative estimate of drug-likeness (QED) is 0.650. The summed E-state index contributed by atoms with van der Waals surface area (Å²) in [5.74, 6) is -0.291. The molecule has 2 rings (SSSR count). The molecule has 0 aromatic heterocycles. The lowest BCUT2D eigenvalue weighted by molar-refractivity contribution is -0.139. The maximum absolute atomic E-state index is 10.7. The minimum absolute atomic E-state index is 0.341. The van der Waals surface area contributed by atoms with Crippen molar-refractivity contribution in [2.75, 3.05) is 6.54 Å². The molecule has 0 saturated carbocycles. The lowest BCUT2D eigenvalue weighted by Crippen LogP contribution is -2.29. The first-order valence-electron chi connectivity index (χ1n) is 5.07. The number of hydrogen-bond donors (Lipinski definition) is 2. The van der Waals surface area contributed by atoms with Gasteiger partial charge in [-0.3, -0.25) is 4.79 Å². The van der Waals surface area contributed by atoms with Crippen molar-refractivity contribution in [3.63, 3.8) is 0 Å². The Kier molecular flexibility index (Phi) is 2.68. The fourth-order valence-electron chi connectivity index (χ4n) is 2.16. The molecule has 3 nitrogen and oxygen atoms in total. The molecule has 2 atom stereocenters. The van der Waals surface area contributed by atoms with Gasteiger partial charge in [0.05, 0.1) is 0 Å². The molecule has 0 spiro atoms. The van der Waals surface area contributed by atoms with Crippen LogP contribution in [0.4, 0.5) is 0 Å². The van der Waals surface area contributed by atoms with Gasteiger partial charge in [0.25, 0.3) is 0 Å². The van der Waals surface area contributed by atoms with Crippen molar-refractivity contribution in [3.8, 4) is 0 Å². The van der Waals surface area contributed by atoms with Crippen LogP contribution in [0.15, 0.2) is 23.8 Å². The second kappa shape index (κ2) is 3.96. The highest BCUT2D eigenvalue weighted by Gasteiger charge is 2.30. The molecule has 1 heterocycles. The van der Waals surface area contributed by atoms with E-state index in [4.69, 9.17) is 5.11 Å². The van der Waals surface area contributed by atoms with Crippen LogP contribution in [0.2, 0.25) is 0 Å². The molecule has 76 valence electrons. The number of carboxylic acids is 1. The van der Waals surface area contributed by atoms with E-state index in [0.29, 0.717) is 5.92 Å². The summed E-state index contributed by atoms with van der Waals surface area (Å²) in [4.78, 5) is 10.7. The van der Waals surface area contributed by atoms with E-state index in [1.807, 2.05) is 0 Å². The molecular weight excluding hydrogens is 178 g/mol. The average Bonchev–Trinajstić information content (AvgIpc) is 2.68. The standard InChI is InChI=1S/C11H15NO2/c13-11(14)10-6-9(7-12-10)8-4-2-1-3-5-8/h1-2,5,9-10,12H,3-4,6-7H2,(H,13,14). The molecule has 0 radical (unpaired) electrons. The molecule has 0 aromatic carbocycles. The van der Waals surface area contributed by atoms with Gasteiger partial charge < -0.3 is 10.4 Å². The predicted octanol–water partition coefficient (Wildman–Crippen LogP) is 1.33. The van der Waals surface area contributed by atoms with Crippen molar-refractivity contribution in [1.29, 1.82) is 0 Å². The van der Waals surface area contributed by atoms with E-state index in [1.54, 1.807) is 0 Å². The first kappa shape index (κ1) is 9.46. The van der Waals surface area contributed by atoms with E-state index in [2.05, 4.69) is 23.5 Å². The van der Waals surface area contributed by atoms with Gasteiger partial charge in [0.2, 0.25) is 0 Å². The Bertz CT molecular complexity index is 294. The maximum Gasteiger partial charge on any atom is 0.320 e. The van der Waals surface area contributed by atoms with Crippen molar-refractivity contribution in [2.45, 2.75) is 25.3 Å². The van der Waals surface area contributed by atoms with E-state index in [0.717, 1.165) is 25.8 Å². The highest BCUT2D eigenvalue weighted by molar-refractivity contribution is 5.74. The number of aliphatic carboxylic acids is 1. The van der Waals surface area contributed by atoms with Gasteiger partial charge in [0.15, 0.2) is 0 Å². The molecule has 1 saturated heterocycles. The molecule has 1 fully saturated rings. The van der Waals surface area contributed by atoms with Crippen molar-refractivity contribution in [2.24, 2.45) is 5.92 Å². The van der Waals surface area contributed by atoms with E-state index in [1.165, 1.54) is 5.57 Å². The van der Waals surface area contributed by atoms with Crippen LogP contribution in [-0.4, -0.2) is 23.7 Å². The van der Waals surface area contributed by atoms with Gasteiger partial charge in [-0.1, -0.05) is 23.8 Å². The molecule has 1 aliphatic carbocycles. The van der Waals surface area contributed by atoms with Gasteiger partial charge in [0, 0.05) is 6.54 Å². The number of nitrogens with one attached hydrogen (secondary N) is 1. The predicted molar refractivity (Wildman–Crippen MR) is 54.0 cm³/mol. The Balaban J connectivity index is 1.95. The molecule has 2 N–H and O–H groups in total. The van der Waals surface area contributed by atoms with Crippen LogP contribution >= 0.6 is 0 Å². The van der Waals surface area contributed by atoms with Crippen LogP contribution < -0.4 is 5.32 Å². The smallest absolute Gasteiger partial charge is 0.320 e. The largest absolute Gasteiger partial charge is 0.480 e. The van der Waals surface area contributed by atoms with Crippen molar-refractivity contribution >= 4 is 5.97 Å². The Hall–Kier alpha value is -1.09. The molecular formula is C11H15NO2. The summed E-state index contributed by atoms with van der Waals surface area (Å²) in [6.45, 7) is 0.816. The summed E-state index contributed by atoms with van der Waals surface area (Å²) in [5, 5.41) is 11.9. The minimum atomic E-state index is -0.723. The SMILES string of the molecule is O=C(O)C1CC(C2=CCC=CC2)CN1. The van der Waals surface area contributed by atoms with Crippen LogP contribution in [0.3, 0.4) is 0 Å². The first-order chi connectivity index (χ1) is 6.77. The van der Waals surface area contributed by atoms with Crippen LogP contribution in [0.25, 0.3) is 0 Å². The molecule has 0 amide bonds. The van der Waals surface area contributed by atoms with Gasteiger partial charge >= 0.3 is 5.97 Å². The zero-order valence-corrected chi connectivity index (χ0v) is 8.07. The van der Waals surface area contributed by atoms with Crippen LogP contribution in [0.5, 0.6) is 0 Å². The highest BCUT2D eigenvalue weighted by atomic mass is 16.4. The molecule has 3 heteroatoms. The van der Waals surface area contributed by atoms with Crippen LogP contribution in [0.1, 0.15) is 19.3 Å². The summed E-state index contributed by atoms with van der Waals surface area (Å²) >= 11 is 0. The summed E-state index contributed by atoms with van der Waals surface area (Å²) in [6, 6.07) is -0.341. The fourth-order valence-corrected chi connectivity index (χ4v) is 2.16. The average molecular weight is 193 g/mol. The fraction of sp³-hybridized carbons (Fsp3) is 0.545. The monoisotopic (exact) mass is 193 g/mol. The number of carboxylic acid groups (broad SMARTS) is 1. The third-order valence-electron chi connectivity index (χ3n) is 2.99. The van der Waals surface area contributed by atoms with Crippen LogP contribution in [-0.2, 0) is 4.79 Å². The van der Waals surface area contributed by atoms with Gasteiger partial charge in [0.1, 0.15) is 6.04 Å². The summed E-state index contributed by atoms with van der Waals surface area (Å²) < 4.78 is 0. The zero-order valence-electron chi connectivity index (χ0n) is 8.07. The topological polar surface area (TPSA) is 49.3 Å². The zero-order chi connectivity index (χ0) is 9.97. The summed E-state index contributed by atoms with van der Waals surface area (Å²) in [5.41, 5.74) is 1.41. The third kappa shape index (κ3) is 1.87. The number of carbonyl (C=O) groups is 1. The molecule has 2 aliphatic rings. The Labute approximate surface area is 83.5 Å². The second-order valence-corrected chi connectivity index (χ2v) is 3.92. The summed E-state index contributed by atoms with van der Waals surface area (Å²) in [6.07, 6.45) is 9.30. The van der Waals surface area contributed by atoms with E-state index in [9.17, 15) is 4.79 Å². The summed E-state index contributed by atoms with van der Waals surface area (Å²) in [7, 11) is 0. The molecule has 0 bridgehead atoms. The Morgan fingerprint density at radius 2 is 2.36 bits per heavy atom. The Morgan fingerprint density at radius 1 is 1.50 bits per heavy atom. The van der Waals surface area contributed by atoms with Gasteiger partial charge in [-0.25, -0.2) is 0 Å². The van der Waals surface area contributed by atoms with Gasteiger partial charge in [-0.2, -0.15) is 0 Å². The van der Waals surface area contributed by atoms with E-state index < -0.39 is 5.97 Å².